The molecule has 0 aromatic rings. The second-order valence-electron chi connectivity index (χ2n) is 4.76. The fourth-order valence-electron chi connectivity index (χ4n) is 2.31. The average Bonchev–Trinajstić information content (AvgIpc) is 2.29. The van der Waals surface area contributed by atoms with Crippen molar-refractivity contribution in [3.8, 4) is 0 Å². The van der Waals surface area contributed by atoms with Crippen molar-refractivity contribution in [2.45, 2.75) is 57.9 Å². The molecule has 0 amide bonds. The molecule has 1 fully saturated rings. The van der Waals surface area contributed by atoms with Crippen LogP contribution in [0.15, 0.2) is 4.99 Å². The molecule has 1 aliphatic heterocycles. The minimum atomic E-state index is 0.653. The predicted molar refractivity (Wildman–Crippen MR) is 60.7 cm³/mol. The zero-order valence-electron chi connectivity index (χ0n) is 9.26. The average molecular weight is 194 g/mol. The van der Waals surface area contributed by atoms with Crippen LogP contribution in [0, 0.1) is 5.92 Å². The van der Waals surface area contributed by atoms with E-state index in [0.29, 0.717) is 6.04 Å². The summed E-state index contributed by atoms with van der Waals surface area (Å²) in [5.41, 5.74) is 0. The standard InChI is InChI=1S/C12H22N2/c1-10(11-6-5-7-11)14-12-8-3-2-4-9-13-12/h10-11H,2-9H2,1H3,(H,13,14). The Morgan fingerprint density at radius 2 is 2.07 bits per heavy atom. The van der Waals surface area contributed by atoms with E-state index in [2.05, 4.69) is 17.2 Å². The summed E-state index contributed by atoms with van der Waals surface area (Å²) in [7, 11) is 0. The lowest BCUT2D eigenvalue weighted by Crippen LogP contribution is -2.40. The van der Waals surface area contributed by atoms with Gasteiger partial charge in [-0.15, -0.1) is 0 Å². The Bertz CT molecular complexity index is 206. The molecule has 1 atom stereocenters. The Labute approximate surface area is 87.2 Å². The van der Waals surface area contributed by atoms with Gasteiger partial charge < -0.3 is 5.32 Å². The van der Waals surface area contributed by atoms with E-state index in [1.165, 1.54) is 50.8 Å². The normalized spacial score (nSPS) is 25.9. The summed E-state index contributed by atoms with van der Waals surface area (Å²) in [6.45, 7) is 3.36. The van der Waals surface area contributed by atoms with Crippen LogP contribution < -0.4 is 5.32 Å². The Hall–Kier alpha value is -0.530. The number of hydrogen-bond acceptors (Lipinski definition) is 2. The summed E-state index contributed by atoms with van der Waals surface area (Å²) in [6.07, 6.45) is 9.40. The summed E-state index contributed by atoms with van der Waals surface area (Å²) in [5, 5.41) is 3.61. The van der Waals surface area contributed by atoms with Gasteiger partial charge in [-0.3, -0.25) is 4.99 Å². The van der Waals surface area contributed by atoms with Crippen molar-refractivity contribution in [2.75, 3.05) is 6.54 Å². The van der Waals surface area contributed by atoms with Crippen LogP contribution >= 0.6 is 0 Å². The molecule has 1 unspecified atom stereocenters. The van der Waals surface area contributed by atoms with Crippen molar-refractivity contribution >= 4 is 5.84 Å². The Kier molecular flexibility index (Phi) is 3.44. The SMILES string of the molecule is CC(NC1=NCCCCC1)C1CCC1. The van der Waals surface area contributed by atoms with Gasteiger partial charge in [-0.05, 0) is 38.5 Å². The van der Waals surface area contributed by atoms with E-state index < -0.39 is 0 Å². The van der Waals surface area contributed by atoms with Crippen LogP contribution in [0.3, 0.4) is 0 Å². The lowest BCUT2D eigenvalue weighted by atomic mass is 9.80. The smallest absolute Gasteiger partial charge is 0.0965 e. The molecule has 0 aromatic carbocycles. The van der Waals surface area contributed by atoms with Crippen LogP contribution in [0.4, 0.5) is 0 Å². The maximum Gasteiger partial charge on any atom is 0.0965 e. The van der Waals surface area contributed by atoms with E-state index in [1.54, 1.807) is 0 Å². The second-order valence-corrected chi connectivity index (χ2v) is 4.76. The first-order valence-corrected chi connectivity index (χ1v) is 6.16. The van der Waals surface area contributed by atoms with Crippen molar-refractivity contribution in [3.63, 3.8) is 0 Å². The fraction of sp³-hybridized carbons (Fsp3) is 0.917. The van der Waals surface area contributed by atoms with Crippen molar-refractivity contribution in [3.05, 3.63) is 0 Å². The molecule has 2 nitrogen and oxygen atoms in total. The summed E-state index contributed by atoms with van der Waals surface area (Å²) < 4.78 is 0. The maximum atomic E-state index is 4.61. The number of amidine groups is 1. The number of hydrogen-bond donors (Lipinski definition) is 1. The van der Waals surface area contributed by atoms with Crippen LogP contribution in [0.2, 0.25) is 0 Å². The monoisotopic (exact) mass is 194 g/mol. The van der Waals surface area contributed by atoms with Gasteiger partial charge in [-0.2, -0.15) is 0 Å². The van der Waals surface area contributed by atoms with E-state index in [1.807, 2.05) is 0 Å². The highest BCUT2D eigenvalue weighted by molar-refractivity contribution is 5.82. The molecule has 80 valence electrons. The van der Waals surface area contributed by atoms with Crippen LogP contribution in [-0.2, 0) is 0 Å². The number of nitrogens with one attached hydrogen (secondary N) is 1. The van der Waals surface area contributed by atoms with E-state index in [0.717, 1.165) is 12.5 Å². The molecule has 2 aliphatic rings. The highest BCUT2D eigenvalue weighted by Gasteiger charge is 2.24. The van der Waals surface area contributed by atoms with Gasteiger partial charge in [-0.1, -0.05) is 12.8 Å². The molecule has 0 spiro atoms. The molecule has 1 heterocycles. The summed E-state index contributed by atoms with van der Waals surface area (Å²) >= 11 is 0. The molecule has 2 rings (SSSR count). The number of nitrogens with zero attached hydrogens (tertiary/aromatic N) is 1. The van der Waals surface area contributed by atoms with Crippen molar-refractivity contribution in [1.82, 2.24) is 5.32 Å². The van der Waals surface area contributed by atoms with Crippen molar-refractivity contribution in [1.29, 1.82) is 0 Å². The van der Waals surface area contributed by atoms with Crippen LogP contribution in [-0.4, -0.2) is 18.4 Å². The number of rotatable bonds is 2. The molecular weight excluding hydrogens is 172 g/mol. The minimum absolute atomic E-state index is 0.653. The van der Waals surface area contributed by atoms with Gasteiger partial charge in [0.05, 0.1) is 5.84 Å². The second kappa shape index (κ2) is 4.81. The Morgan fingerprint density at radius 1 is 1.21 bits per heavy atom. The maximum absolute atomic E-state index is 4.61. The Morgan fingerprint density at radius 3 is 2.79 bits per heavy atom. The zero-order valence-corrected chi connectivity index (χ0v) is 9.26. The fourth-order valence-corrected chi connectivity index (χ4v) is 2.31. The first-order chi connectivity index (χ1) is 6.86. The van der Waals surface area contributed by atoms with Gasteiger partial charge >= 0.3 is 0 Å². The summed E-state index contributed by atoms with van der Waals surface area (Å²) in [6, 6.07) is 0.653. The predicted octanol–water partition coefficient (Wildman–Crippen LogP) is 2.74. The van der Waals surface area contributed by atoms with Crippen LogP contribution in [0.1, 0.15) is 51.9 Å². The van der Waals surface area contributed by atoms with E-state index >= 15 is 0 Å². The largest absolute Gasteiger partial charge is 0.371 e. The van der Waals surface area contributed by atoms with Gasteiger partial charge in [0.1, 0.15) is 0 Å². The highest BCUT2D eigenvalue weighted by Crippen LogP contribution is 2.29. The third kappa shape index (κ3) is 2.49. The lowest BCUT2D eigenvalue weighted by molar-refractivity contribution is 0.258. The van der Waals surface area contributed by atoms with Crippen molar-refractivity contribution < 1.29 is 0 Å². The molecule has 1 saturated carbocycles. The van der Waals surface area contributed by atoms with E-state index in [9.17, 15) is 0 Å². The van der Waals surface area contributed by atoms with Gasteiger partial charge in [0.25, 0.3) is 0 Å². The first kappa shape index (κ1) is 10.0. The molecule has 14 heavy (non-hydrogen) atoms. The van der Waals surface area contributed by atoms with Gasteiger partial charge in [-0.25, -0.2) is 0 Å². The molecule has 1 N–H and O–H groups in total. The third-order valence-corrected chi connectivity index (χ3v) is 3.63. The minimum Gasteiger partial charge on any atom is -0.371 e. The van der Waals surface area contributed by atoms with Gasteiger partial charge in [0.2, 0.25) is 0 Å². The van der Waals surface area contributed by atoms with E-state index in [4.69, 9.17) is 0 Å². The molecule has 0 aromatic heterocycles. The molecule has 1 aliphatic carbocycles. The topological polar surface area (TPSA) is 24.4 Å². The third-order valence-electron chi connectivity index (χ3n) is 3.63. The van der Waals surface area contributed by atoms with Gasteiger partial charge in [0, 0.05) is 19.0 Å². The quantitative estimate of drug-likeness (QED) is 0.718. The molecule has 0 bridgehead atoms. The Balaban J connectivity index is 1.79. The highest BCUT2D eigenvalue weighted by atomic mass is 15.0. The number of aliphatic imine (C=N–C) groups is 1. The first-order valence-electron chi connectivity index (χ1n) is 6.16. The molecule has 2 heteroatoms. The van der Waals surface area contributed by atoms with E-state index in [-0.39, 0.29) is 0 Å². The molecular formula is C12H22N2. The summed E-state index contributed by atoms with van der Waals surface area (Å²) in [5.74, 6) is 2.20. The van der Waals surface area contributed by atoms with Crippen LogP contribution in [0.25, 0.3) is 0 Å². The molecule has 0 radical (unpaired) electrons. The molecule has 0 saturated heterocycles. The summed E-state index contributed by atoms with van der Waals surface area (Å²) in [4.78, 5) is 4.61. The van der Waals surface area contributed by atoms with Crippen LogP contribution in [0.5, 0.6) is 0 Å². The van der Waals surface area contributed by atoms with Crippen molar-refractivity contribution in [2.24, 2.45) is 10.9 Å². The zero-order chi connectivity index (χ0) is 9.80. The van der Waals surface area contributed by atoms with Gasteiger partial charge in [0.15, 0.2) is 0 Å². The lowest BCUT2D eigenvalue weighted by Gasteiger charge is -2.32.